The van der Waals surface area contributed by atoms with Crippen molar-refractivity contribution in [3.8, 4) is 0 Å². The first-order valence-corrected chi connectivity index (χ1v) is 7.23. The summed E-state index contributed by atoms with van der Waals surface area (Å²) in [5.41, 5.74) is 3.02. The van der Waals surface area contributed by atoms with Crippen molar-refractivity contribution in [1.29, 1.82) is 0 Å². The van der Waals surface area contributed by atoms with Crippen LogP contribution < -0.4 is 0 Å². The summed E-state index contributed by atoms with van der Waals surface area (Å²) in [6, 6.07) is 0. The molecule has 0 saturated heterocycles. The van der Waals surface area contributed by atoms with Gasteiger partial charge in [0, 0.05) is 0 Å². The van der Waals surface area contributed by atoms with Crippen molar-refractivity contribution in [2.45, 2.75) is 66.7 Å². The summed E-state index contributed by atoms with van der Waals surface area (Å²) < 4.78 is 0. The van der Waals surface area contributed by atoms with Crippen molar-refractivity contribution < 1.29 is 0 Å². The molecule has 2 saturated carbocycles. The number of rotatable bonds is 0. The summed E-state index contributed by atoms with van der Waals surface area (Å²) in [5, 5.41) is 0. The minimum atomic E-state index is 0.591. The van der Waals surface area contributed by atoms with Gasteiger partial charge >= 0.3 is 0 Å². The lowest BCUT2D eigenvalue weighted by Crippen LogP contribution is -2.27. The Kier molecular flexibility index (Phi) is 2.97. The van der Waals surface area contributed by atoms with Gasteiger partial charge in [0.1, 0.15) is 0 Å². The molecule has 16 heavy (non-hydrogen) atoms. The van der Waals surface area contributed by atoms with Gasteiger partial charge in [-0.15, -0.1) is 0 Å². The van der Waals surface area contributed by atoms with Crippen molar-refractivity contribution in [1.82, 2.24) is 0 Å². The average molecular weight is 220 g/mol. The Morgan fingerprint density at radius 2 is 1.94 bits per heavy atom. The van der Waals surface area contributed by atoms with Gasteiger partial charge in [-0.1, -0.05) is 45.8 Å². The smallest absolute Gasteiger partial charge is 0.0146 e. The number of hydrogen-bond acceptors (Lipinski definition) is 0. The van der Waals surface area contributed by atoms with Gasteiger partial charge in [-0.05, 0) is 55.3 Å². The fourth-order valence-corrected chi connectivity index (χ4v) is 5.04. The van der Waals surface area contributed by atoms with Crippen molar-refractivity contribution >= 4 is 0 Å². The molecule has 2 bridgehead atoms. The van der Waals surface area contributed by atoms with Crippen LogP contribution in [0.2, 0.25) is 0 Å². The van der Waals surface area contributed by atoms with E-state index in [9.17, 15) is 0 Å². The van der Waals surface area contributed by atoms with E-state index in [1.807, 2.05) is 13.8 Å². The zero-order valence-corrected chi connectivity index (χ0v) is 11.8. The summed E-state index contributed by atoms with van der Waals surface area (Å²) in [6.45, 7) is 11.4. The fourth-order valence-electron chi connectivity index (χ4n) is 5.04. The molecule has 0 aromatic heterocycles. The Hall–Kier alpha value is -0.260. The van der Waals surface area contributed by atoms with Crippen LogP contribution in [0.15, 0.2) is 11.6 Å². The first kappa shape index (κ1) is 12.2. The van der Waals surface area contributed by atoms with Gasteiger partial charge in [0.15, 0.2) is 0 Å². The van der Waals surface area contributed by atoms with E-state index >= 15 is 0 Å². The summed E-state index contributed by atoms with van der Waals surface area (Å²) >= 11 is 0. The SMILES string of the molecule is CC.CC1=CCC23CCCC2C(C)(C)[C@H]1C3. The highest BCUT2D eigenvalue weighted by Gasteiger charge is 2.60. The van der Waals surface area contributed by atoms with E-state index in [-0.39, 0.29) is 0 Å². The van der Waals surface area contributed by atoms with Crippen LogP contribution in [-0.4, -0.2) is 0 Å². The summed E-state index contributed by atoms with van der Waals surface area (Å²) in [7, 11) is 0. The molecular weight excluding hydrogens is 192 g/mol. The second-order valence-corrected chi connectivity index (χ2v) is 6.54. The zero-order valence-electron chi connectivity index (χ0n) is 11.8. The van der Waals surface area contributed by atoms with Gasteiger partial charge in [0.2, 0.25) is 0 Å². The predicted molar refractivity (Wildman–Crippen MR) is 71.4 cm³/mol. The highest BCUT2D eigenvalue weighted by molar-refractivity contribution is 5.24. The molecule has 0 aromatic carbocycles. The van der Waals surface area contributed by atoms with E-state index in [4.69, 9.17) is 0 Å². The van der Waals surface area contributed by atoms with Gasteiger partial charge in [-0.25, -0.2) is 0 Å². The standard InChI is InChI=1S/C14H22.C2H6/c1-10-6-8-14-7-4-5-12(14)13(2,3)11(10)9-14;1-2/h6,11-12H,4-5,7-9H2,1-3H3;1-2H3/t11-,12?,14?;/m0./s1. The van der Waals surface area contributed by atoms with Crippen molar-refractivity contribution in [3.05, 3.63) is 11.6 Å². The average Bonchev–Trinajstić information content (AvgIpc) is 2.75. The van der Waals surface area contributed by atoms with Gasteiger partial charge < -0.3 is 0 Å². The lowest BCUT2D eigenvalue weighted by Gasteiger charge is -2.33. The highest BCUT2D eigenvalue weighted by Crippen LogP contribution is 2.69. The summed E-state index contributed by atoms with van der Waals surface area (Å²) in [6.07, 6.45) is 9.97. The number of fused-ring (bicyclic) bond motifs is 1. The number of allylic oxidation sites excluding steroid dienone is 2. The quantitative estimate of drug-likeness (QED) is 0.492. The molecule has 1 spiro atoms. The third kappa shape index (κ3) is 1.41. The summed E-state index contributed by atoms with van der Waals surface area (Å²) in [4.78, 5) is 0. The van der Waals surface area contributed by atoms with E-state index in [1.54, 1.807) is 5.57 Å². The molecule has 0 radical (unpaired) electrons. The molecule has 3 rings (SSSR count). The minimum absolute atomic E-state index is 0.591. The molecule has 0 aliphatic heterocycles. The zero-order chi connectivity index (χ0) is 12.0. The van der Waals surface area contributed by atoms with Gasteiger partial charge in [-0.3, -0.25) is 0 Å². The number of hydrogen-bond donors (Lipinski definition) is 0. The molecule has 0 N–H and O–H groups in total. The van der Waals surface area contributed by atoms with Crippen LogP contribution in [0.3, 0.4) is 0 Å². The van der Waals surface area contributed by atoms with E-state index in [0.717, 1.165) is 17.3 Å². The van der Waals surface area contributed by atoms with Crippen molar-refractivity contribution in [2.24, 2.45) is 22.7 Å². The van der Waals surface area contributed by atoms with Crippen LogP contribution >= 0.6 is 0 Å². The summed E-state index contributed by atoms with van der Waals surface area (Å²) in [5.74, 6) is 1.93. The van der Waals surface area contributed by atoms with Crippen LogP contribution in [0.1, 0.15) is 66.7 Å². The molecule has 3 atom stereocenters. The van der Waals surface area contributed by atoms with Crippen molar-refractivity contribution in [2.75, 3.05) is 0 Å². The Morgan fingerprint density at radius 3 is 2.62 bits per heavy atom. The van der Waals surface area contributed by atoms with Gasteiger partial charge in [0.25, 0.3) is 0 Å². The molecule has 3 aliphatic rings. The van der Waals surface area contributed by atoms with Crippen LogP contribution in [0.5, 0.6) is 0 Å². The molecule has 2 fully saturated rings. The van der Waals surface area contributed by atoms with Crippen LogP contribution in [0.25, 0.3) is 0 Å². The largest absolute Gasteiger partial charge is 0.0847 e. The minimum Gasteiger partial charge on any atom is -0.0847 e. The second-order valence-electron chi connectivity index (χ2n) is 6.54. The molecule has 0 heteroatoms. The van der Waals surface area contributed by atoms with Crippen molar-refractivity contribution in [3.63, 3.8) is 0 Å². The van der Waals surface area contributed by atoms with E-state index < -0.39 is 0 Å². The van der Waals surface area contributed by atoms with Crippen LogP contribution in [0, 0.1) is 22.7 Å². The molecule has 0 amide bonds. The highest BCUT2D eigenvalue weighted by atomic mass is 14.6. The Bertz CT molecular complexity index is 297. The molecule has 0 nitrogen and oxygen atoms in total. The maximum atomic E-state index is 2.56. The van der Waals surface area contributed by atoms with Gasteiger partial charge in [0.05, 0.1) is 0 Å². The molecule has 0 heterocycles. The maximum absolute atomic E-state index is 2.56. The lowest BCUT2D eigenvalue weighted by molar-refractivity contribution is 0.157. The van der Waals surface area contributed by atoms with E-state index in [2.05, 4.69) is 26.8 Å². The molecule has 92 valence electrons. The Labute approximate surface area is 102 Å². The van der Waals surface area contributed by atoms with Gasteiger partial charge in [-0.2, -0.15) is 0 Å². The van der Waals surface area contributed by atoms with E-state index in [1.165, 1.54) is 32.1 Å². The molecule has 2 unspecified atom stereocenters. The molecular formula is C16H28. The Morgan fingerprint density at radius 1 is 1.25 bits per heavy atom. The lowest BCUT2D eigenvalue weighted by atomic mass is 9.71. The third-order valence-corrected chi connectivity index (χ3v) is 5.69. The first-order valence-electron chi connectivity index (χ1n) is 7.23. The maximum Gasteiger partial charge on any atom is -0.0146 e. The molecule has 3 aliphatic carbocycles. The van der Waals surface area contributed by atoms with E-state index in [0.29, 0.717) is 5.41 Å². The van der Waals surface area contributed by atoms with Crippen LogP contribution in [-0.2, 0) is 0 Å². The predicted octanol–water partition coefficient (Wildman–Crippen LogP) is 5.20. The topological polar surface area (TPSA) is 0 Å². The first-order chi connectivity index (χ1) is 7.56. The Balaban J connectivity index is 0.000000457. The monoisotopic (exact) mass is 220 g/mol. The third-order valence-electron chi connectivity index (χ3n) is 5.69. The normalized spacial score (nSPS) is 43.2. The van der Waals surface area contributed by atoms with Crippen LogP contribution in [0.4, 0.5) is 0 Å². The second kappa shape index (κ2) is 3.89. The molecule has 0 aromatic rings. The fraction of sp³-hybridized carbons (Fsp3) is 0.875.